The molecule has 0 aliphatic rings. The number of unbranched alkanes of at least 4 members (excludes halogenated alkanes) is 1. The summed E-state index contributed by atoms with van der Waals surface area (Å²) in [4.78, 5) is 9.58. The zero-order valence-electron chi connectivity index (χ0n) is 22.6. The number of halogens is 2. The van der Waals surface area contributed by atoms with Crippen LogP contribution < -0.4 is 14.8 Å². The molecule has 0 radical (unpaired) electrons. The molecule has 0 amide bonds. The van der Waals surface area contributed by atoms with Gasteiger partial charge in [0, 0.05) is 50.9 Å². The fourth-order valence-corrected chi connectivity index (χ4v) is 5.88. The molecule has 4 rings (SSSR count). The average Bonchev–Trinajstić information content (AvgIpc) is 2.98. The standard InChI is InChI=1S/C31H33Br2N3O4/c1-39-30-20(7-3-4-17-37)12-14-26(35-30)24-10-5-8-22(28(24)32)23-9-6-11-25(29(23)33)27-15-13-21(19-34-16-18-38)31(36-27)40-2/h5-6,8-15,34,37-38H,3-4,7,16-19H2,1-2H3. The fourth-order valence-electron chi connectivity index (χ4n) is 4.52. The predicted molar refractivity (Wildman–Crippen MR) is 166 cm³/mol. The van der Waals surface area contributed by atoms with E-state index in [0.717, 1.165) is 73.0 Å². The van der Waals surface area contributed by atoms with Crippen LogP contribution in [0.15, 0.2) is 69.6 Å². The van der Waals surface area contributed by atoms with Gasteiger partial charge < -0.3 is 25.0 Å². The van der Waals surface area contributed by atoms with Crippen molar-refractivity contribution in [3.63, 3.8) is 0 Å². The average molecular weight is 671 g/mol. The van der Waals surface area contributed by atoms with Crippen LogP contribution in [0.5, 0.6) is 11.8 Å². The minimum absolute atomic E-state index is 0.0741. The Kier molecular flexibility index (Phi) is 11.1. The molecule has 3 N–H and O–H groups in total. The van der Waals surface area contributed by atoms with E-state index in [1.807, 2.05) is 42.5 Å². The summed E-state index contributed by atoms with van der Waals surface area (Å²) in [6.45, 7) is 1.32. The Morgan fingerprint density at radius 1 is 0.675 bits per heavy atom. The third-order valence-corrected chi connectivity index (χ3v) is 8.27. The third-order valence-electron chi connectivity index (χ3n) is 6.56. The van der Waals surface area contributed by atoms with Crippen molar-refractivity contribution in [3.05, 3.63) is 80.7 Å². The quantitative estimate of drug-likeness (QED) is 0.141. The Hall–Kier alpha value is -2.82. The maximum Gasteiger partial charge on any atom is 0.218 e. The second-order valence-electron chi connectivity index (χ2n) is 9.15. The van der Waals surface area contributed by atoms with Gasteiger partial charge in [-0.3, -0.25) is 0 Å². The minimum Gasteiger partial charge on any atom is -0.481 e. The summed E-state index contributed by atoms with van der Waals surface area (Å²) in [5, 5.41) is 21.3. The van der Waals surface area contributed by atoms with Gasteiger partial charge in [-0.1, -0.05) is 48.5 Å². The number of nitrogens with one attached hydrogen (secondary N) is 1. The first kappa shape index (κ1) is 30.1. The molecular weight excluding hydrogens is 638 g/mol. The molecule has 9 heteroatoms. The number of ether oxygens (including phenoxy) is 2. The monoisotopic (exact) mass is 669 g/mol. The first-order valence-electron chi connectivity index (χ1n) is 13.1. The first-order chi connectivity index (χ1) is 19.5. The summed E-state index contributed by atoms with van der Waals surface area (Å²) in [6, 6.07) is 20.3. The number of aliphatic hydroxyl groups excluding tert-OH is 2. The number of benzene rings is 2. The van der Waals surface area contributed by atoms with E-state index >= 15 is 0 Å². The summed E-state index contributed by atoms with van der Waals surface area (Å²) in [5.74, 6) is 1.15. The van der Waals surface area contributed by atoms with Crippen LogP contribution in [-0.2, 0) is 13.0 Å². The number of rotatable bonds is 13. The van der Waals surface area contributed by atoms with Crippen molar-refractivity contribution in [1.29, 1.82) is 0 Å². The van der Waals surface area contributed by atoms with Gasteiger partial charge in [0.05, 0.1) is 32.2 Å². The van der Waals surface area contributed by atoms with Gasteiger partial charge in [-0.25, -0.2) is 9.97 Å². The topological polar surface area (TPSA) is 96.7 Å². The van der Waals surface area contributed by atoms with Gasteiger partial charge in [0.25, 0.3) is 0 Å². The Labute approximate surface area is 251 Å². The summed E-state index contributed by atoms with van der Waals surface area (Å²) >= 11 is 7.71. The van der Waals surface area contributed by atoms with Crippen molar-refractivity contribution >= 4 is 31.9 Å². The molecule has 2 heterocycles. The molecule has 2 aromatic carbocycles. The molecule has 0 spiro atoms. The predicted octanol–water partition coefficient (Wildman–Crippen LogP) is 6.42. The lowest BCUT2D eigenvalue weighted by atomic mass is 9.98. The smallest absolute Gasteiger partial charge is 0.218 e. The Morgan fingerprint density at radius 2 is 1.20 bits per heavy atom. The maximum atomic E-state index is 9.11. The van der Waals surface area contributed by atoms with Crippen molar-refractivity contribution in [3.8, 4) is 45.4 Å². The van der Waals surface area contributed by atoms with Crippen LogP contribution in [0.1, 0.15) is 24.0 Å². The number of aromatic nitrogens is 2. The van der Waals surface area contributed by atoms with E-state index in [0.29, 0.717) is 24.8 Å². The fraction of sp³-hybridized carbons (Fsp3) is 0.290. The molecule has 4 aromatic rings. The van der Waals surface area contributed by atoms with E-state index < -0.39 is 0 Å². The molecule has 0 fully saturated rings. The zero-order valence-corrected chi connectivity index (χ0v) is 25.8. The van der Waals surface area contributed by atoms with Gasteiger partial charge in [-0.05, 0) is 74.4 Å². The molecule has 0 atom stereocenters. The normalized spacial score (nSPS) is 11.1. The van der Waals surface area contributed by atoms with Crippen LogP contribution in [0.3, 0.4) is 0 Å². The van der Waals surface area contributed by atoms with Crippen LogP contribution in [0.25, 0.3) is 33.6 Å². The largest absolute Gasteiger partial charge is 0.481 e. The summed E-state index contributed by atoms with van der Waals surface area (Å²) in [6.07, 6.45) is 2.43. The van der Waals surface area contributed by atoms with E-state index in [4.69, 9.17) is 29.7 Å². The maximum absolute atomic E-state index is 9.11. The van der Waals surface area contributed by atoms with Gasteiger partial charge in [0.2, 0.25) is 11.8 Å². The molecule has 0 saturated carbocycles. The van der Waals surface area contributed by atoms with Crippen LogP contribution in [0, 0.1) is 0 Å². The Bertz CT molecular complexity index is 1340. The zero-order chi connectivity index (χ0) is 28.5. The second-order valence-corrected chi connectivity index (χ2v) is 10.7. The summed E-state index contributed by atoms with van der Waals surface area (Å²) < 4.78 is 13.0. The van der Waals surface area contributed by atoms with Gasteiger partial charge in [-0.15, -0.1) is 0 Å². The number of methoxy groups -OCH3 is 2. The lowest BCUT2D eigenvalue weighted by Crippen LogP contribution is -2.18. The van der Waals surface area contributed by atoms with Crippen molar-refractivity contribution in [2.24, 2.45) is 0 Å². The van der Waals surface area contributed by atoms with Crippen LogP contribution >= 0.6 is 31.9 Å². The highest BCUT2D eigenvalue weighted by molar-refractivity contribution is 9.11. The highest BCUT2D eigenvalue weighted by Gasteiger charge is 2.18. The van der Waals surface area contributed by atoms with Crippen molar-refractivity contribution in [2.45, 2.75) is 25.8 Å². The number of hydrogen-bond acceptors (Lipinski definition) is 7. The lowest BCUT2D eigenvalue weighted by molar-refractivity contribution is 0.284. The third kappa shape index (κ3) is 6.90. The molecular formula is C31H33Br2N3O4. The molecule has 40 heavy (non-hydrogen) atoms. The molecule has 7 nitrogen and oxygen atoms in total. The lowest BCUT2D eigenvalue weighted by Gasteiger charge is -2.16. The first-order valence-corrected chi connectivity index (χ1v) is 14.7. The molecule has 0 bridgehead atoms. The van der Waals surface area contributed by atoms with E-state index in [-0.39, 0.29) is 13.2 Å². The minimum atomic E-state index is 0.0741. The second kappa shape index (κ2) is 14.7. The molecule has 210 valence electrons. The number of hydrogen-bond donors (Lipinski definition) is 3. The van der Waals surface area contributed by atoms with Crippen LogP contribution in [0.4, 0.5) is 0 Å². The molecule has 0 aliphatic heterocycles. The van der Waals surface area contributed by atoms with Crippen molar-refractivity contribution < 1.29 is 19.7 Å². The van der Waals surface area contributed by atoms with Gasteiger partial charge in [0.15, 0.2) is 0 Å². The number of nitrogens with zero attached hydrogens (tertiary/aromatic N) is 2. The Morgan fingerprint density at radius 3 is 1.73 bits per heavy atom. The van der Waals surface area contributed by atoms with Crippen molar-refractivity contribution in [1.82, 2.24) is 15.3 Å². The van der Waals surface area contributed by atoms with Crippen molar-refractivity contribution in [2.75, 3.05) is 34.0 Å². The SMILES string of the molecule is COc1nc(-c2cccc(-c3cccc(-c4ccc(CNCCO)c(OC)n4)c3Br)c2Br)ccc1CCCCO. The van der Waals surface area contributed by atoms with E-state index in [1.54, 1.807) is 14.2 Å². The van der Waals surface area contributed by atoms with Gasteiger partial charge in [-0.2, -0.15) is 0 Å². The highest BCUT2D eigenvalue weighted by Crippen LogP contribution is 2.42. The highest BCUT2D eigenvalue weighted by atomic mass is 79.9. The molecule has 0 aliphatic carbocycles. The number of aliphatic hydroxyl groups is 2. The van der Waals surface area contributed by atoms with Crippen LogP contribution in [-0.4, -0.2) is 54.2 Å². The molecule has 2 aromatic heterocycles. The van der Waals surface area contributed by atoms with Gasteiger partial charge >= 0.3 is 0 Å². The molecule has 0 saturated heterocycles. The van der Waals surface area contributed by atoms with Gasteiger partial charge in [0.1, 0.15) is 0 Å². The summed E-state index contributed by atoms with van der Waals surface area (Å²) in [7, 11) is 3.25. The summed E-state index contributed by atoms with van der Waals surface area (Å²) in [5.41, 5.74) is 7.45. The van der Waals surface area contributed by atoms with E-state index in [9.17, 15) is 0 Å². The van der Waals surface area contributed by atoms with Crippen LogP contribution in [0.2, 0.25) is 0 Å². The molecule has 0 unspecified atom stereocenters. The van der Waals surface area contributed by atoms with E-state index in [2.05, 4.69) is 55.4 Å². The number of pyridine rings is 2. The Balaban J connectivity index is 1.69. The number of aryl methyl sites for hydroxylation is 1. The van der Waals surface area contributed by atoms with E-state index in [1.165, 1.54) is 0 Å².